The number of rotatable bonds is 4. The van der Waals surface area contributed by atoms with Crippen LogP contribution in [0.2, 0.25) is 0 Å². The van der Waals surface area contributed by atoms with Crippen LogP contribution in [0.4, 0.5) is 0 Å². The summed E-state index contributed by atoms with van der Waals surface area (Å²) in [4.78, 5) is 18.7. The van der Waals surface area contributed by atoms with Gasteiger partial charge in [0, 0.05) is 5.56 Å². The lowest BCUT2D eigenvalue weighted by Gasteiger charge is -2.09. The van der Waals surface area contributed by atoms with Crippen LogP contribution in [0.15, 0.2) is 30.6 Å². The molecule has 0 amide bonds. The van der Waals surface area contributed by atoms with Crippen LogP contribution in [0, 0.1) is 0 Å². The summed E-state index contributed by atoms with van der Waals surface area (Å²) >= 11 is 0. The van der Waals surface area contributed by atoms with Gasteiger partial charge in [-0.3, -0.25) is 4.79 Å². The Morgan fingerprint density at radius 1 is 1.28 bits per heavy atom. The minimum absolute atomic E-state index is 0.383. The highest BCUT2D eigenvalue weighted by molar-refractivity contribution is 5.75. The molecule has 4 heteroatoms. The first-order valence-electron chi connectivity index (χ1n) is 5.73. The molecule has 1 heterocycles. The third kappa shape index (κ3) is 2.37. The lowest BCUT2D eigenvalue weighted by Crippen LogP contribution is -1.94. The molecule has 2 aromatic rings. The first kappa shape index (κ1) is 12.2. The van der Waals surface area contributed by atoms with E-state index in [0.29, 0.717) is 5.69 Å². The van der Waals surface area contributed by atoms with Crippen LogP contribution >= 0.6 is 0 Å². The molecule has 0 saturated heterocycles. The highest BCUT2D eigenvalue weighted by atomic mass is 16.5. The van der Waals surface area contributed by atoms with Gasteiger partial charge in [0.25, 0.3) is 0 Å². The Kier molecular flexibility index (Phi) is 3.67. The number of benzene rings is 1. The average Bonchev–Trinajstić information content (AvgIpc) is 2.46. The molecule has 1 aromatic carbocycles. The Labute approximate surface area is 106 Å². The predicted molar refractivity (Wildman–Crippen MR) is 68.8 cm³/mol. The third-order valence-corrected chi connectivity index (χ3v) is 2.77. The van der Waals surface area contributed by atoms with E-state index in [1.54, 1.807) is 13.2 Å². The number of nitrogens with zero attached hydrogens (tertiary/aromatic N) is 2. The molecule has 0 saturated carbocycles. The van der Waals surface area contributed by atoms with E-state index in [1.165, 1.54) is 6.33 Å². The van der Waals surface area contributed by atoms with Gasteiger partial charge < -0.3 is 4.74 Å². The Morgan fingerprint density at radius 3 is 2.78 bits per heavy atom. The molecule has 0 aliphatic rings. The first-order chi connectivity index (χ1) is 8.78. The number of hydrogen-bond donors (Lipinski definition) is 0. The van der Waals surface area contributed by atoms with Crippen LogP contribution in [0.3, 0.4) is 0 Å². The minimum atomic E-state index is 0.383. The molecule has 4 nitrogen and oxygen atoms in total. The van der Waals surface area contributed by atoms with Gasteiger partial charge >= 0.3 is 0 Å². The van der Waals surface area contributed by atoms with E-state index in [2.05, 4.69) is 16.9 Å². The van der Waals surface area contributed by atoms with Gasteiger partial charge in [-0.05, 0) is 36.2 Å². The molecule has 1 aromatic heterocycles. The minimum Gasteiger partial charge on any atom is -0.496 e. The predicted octanol–water partition coefficient (Wildman–Crippen LogP) is 2.53. The normalized spacial score (nSPS) is 10.1. The highest BCUT2D eigenvalue weighted by Gasteiger charge is 2.06. The Morgan fingerprint density at radius 2 is 2.11 bits per heavy atom. The van der Waals surface area contributed by atoms with Crippen molar-refractivity contribution in [3.63, 3.8) is 0 Å². The van der Waals surface area contributed by atoms with Crippen molar-refractivity contribution in [3.05, 3.63) is 41.9 Å². The molecule has 0 fully saturated rings. The zero-order valence-corrected chi connectivity index (χ0v) is 10.4. The average molecular weight is 242 g/mol. The smallest absolute Gasteiger partial charge is 0.168 e. The lowest BCUT2D eigenvalue weighted by atomic mass is 10.0. The molecule has 18 heavy (non-hydrogen) atoms. The summed E-state index contributed by atoms with van der Waals surface area (Å²) in [6.45, 7) is 2.07. The van der Waals surface area contributed by atoms with Crippen molar-refractivity contribution in [2.24, 2.45) is 0 Å². The van der Waals surface area contributed by atoms with Crippen LogP contribution in [-0.4, -0.2) is 23.4 Å². The van der Waals surface area contributed by atoms with Crippen molar-refractivity contribution in [2.75, 3.05) is 7.11 Å². The maximum atomic E-state index is 10.7. The first-order valence-corrected chi connectivity index (χ1v) is 5.73. The molecular weight excluding hydrogens is 228 g/mol. The fraction of sp³-hybridized carbons (Fsp3) is 0.214. The maximum Gasteiger partial charge on any atom is 0.168 e. The standard InChI is InChI=1S/C14H14N2O2/c1-3-10-6-11(4-5-14(10)18-2)13-7-12(8-17)15-9-16-13/h4-9H,3H2,1-2H3. The van der Waals surface area contributed by atoms with E-state index in [9.17, 15) is 4.79 Å². The van der Waals surface area contributed by atoms with E-state index in [4.69, 9.17) is 4.74 Å². The summed E-state index contributed by atoms with van der Waals surface area (Å²) in [7, 11) is 1.66. The molecule has 0 aliphatic heterocycles. The molecule has 0 radical (unpaired) electrons. The van der Waals surface area contributed by atoms with Gasteiger partial charge in [-0.15, -0.1) is 0 Å². The molecule has 92 valence electrons. The number of aldehydes is 1. The molecule has 2 rings (SSSR count). The van der Waals surface area contributed by atoms with Gasteiger partial charge in [0.15, 0.2) is 6.29 Å². The largest absolute Gasteiger partial charge is 0.496 e. The van der Waals surface area contributed by atoms with Crippen molar-refractivity contribution in [3.8, 4) is 17.0 Å². The zero-order chi connectivity index (χ0) is 13.0. The number of ether oxygens (including phenoxy) is 1. The second-order valence-corrected chi connectivity index (χ2v) is 3.83. The van der Waals surface area contributed by atoms with Crippen LogP contribution in [-0.2, 0) is 6.42 Å². The van der Waals surface area contributed by atoms with Crippen molar-refractivity contribution in [1.29, 1.82) is 0 Å². The second-order valence-electron chi connectivity index (χ2n) is 3.83. The Balaban J connectivity index is 2.47. The van der Waals surface area contributed by atoms with Gasteiger partial charge in [0.05, 0.1) is 12.8 Å². The van der Waals surface area contributed by atoms with E-state index in [1.807, 2.05) is 18.2 Å². The lowest BCUT2D eigenvalue weighted by molar-refractivity contribution is 0.111. The third-order valence-electron chi connectivity index (χ3n) is 2.77. The zero-order valence-electron chi connectivity index (χ0n) is 10.4. The van der Waals surface area contributed by atoms with Crippen LogP contribution in [0.25, 0.3) is 11.3 Å². The van der Waals surface area contributed by atoms with Gasteiger partial charge in [-0.1, -0.05) is 6.92 Å². The van der Waals surface area contributed by atoms with E-state index in [-0.39, 0.29) is 0 Å². The van der Waals surface area contributed by atoms with E-state index in [0.717, 1.165) is 35.3 Å². The van der Waals surface area contributed by atoms with Gasteiger partial charge in [-0.2, -0.15) is 0 Å². The topological polar surface area (TPSA) is 52.1 Å². The van der Waals surface area contributed by atoms with Crippen molar-refractivity contribution in [1.82, 2.24) is 9.97 Å². The fourth-order valence-corrected chi connectivity index (χ4v) is 1.81. The Hall–Kier alpha value is -2.23. The van der Waals surface area contributed by atoms with Crippen LogP contribution in [0.1, 0.15) is 23.0 Å². The molecule has 0 N–H and O–H groups in total. The summed E-state index contributed by atoms with van der Waals surface area (Å²) < 4.78 is 5.28. The summed E-state index contributed by atoms with van der Waals surface area (Å²) in [6, 6.07) is 7.54. The number of hydrogen-bond acceptors (Lipinski definition) is 4. The van der Waals surface area contributed by atoms with Crippen molar-refractivity contribution < 1.29 is 9.53 Å². The Bertz CT molecular complexity index is 567. The SMILES string of the molecule is CCc1cc(-c2cc(C=O)ncn2)ccc1OC. The molecule has 0 unspecified atom stereocenters. The summed E-state index contributed by atoms with van der Waals surface area (Å²) in [5, 5.41) is 0. The summed E-state index contributed by atoms with van der Waals surface area (Å²) in [5.74, 6) is 0.867. The quantitative estimate of drug-likeness (QED) is 0.773. The molecule has 0 atom stereocenters. The second kappa shape index (κ2) is 5.40. The molecule has 0 aliphatic carbocycles. The van der Waals surface area contributed by atoms with Crippen molar-refractivity contribution in [2.45, 2.75) is 13.3 Å². The summed E-state index contributed by atoms with van der Waals surface area (Å²) in [5.41, 5.74) is 3.19. The highest BCUT2D eigenvalue weighted by Crippen LogP contribution is 2.25. The van der Waals surface area contributed by atoms with Gasteiger partial charge in [-0.25, -0.2) is 9.97 Å². The van der Waals surface area contributed by atoms with Gasteiger partial charge in [0.1, 0.15) is 17.8 Å². The number of methoxy groups -OCH3 is 1. The van der Waals surface area contributed by atoms with Gasteiger partial charge in [0.2, 0.25) is 0 Å². The van der Waals surface area contributed by atoms with Crippen LogP contribution < -0.4 is 4.74 Å². The molecule has 0 bridgehead atoms. The van der Waals surface area contributed by atoms with E-state index >= 15 is 0 Å². The fourth-order valence-electron chi connectivity index (χ4n) is 1.81. The molecular formula is C14H14N2O2. The van der Waals surface area contributed by atoms with Crippen LogP contribution in [0.5, 0.6) is 5.75 Å². The van der Waals surface area contributed by atoms with Crippen molar-refractivity contribution >= 4 is 6.29 Å². The van der Waals surface area contributed by atoms with E-state index < -0.39 is 0 Å². The monoisotopic (exact) mass is 242 g/mol. The maximum absolute atomic E-state index is 10.7. The molecule has 0 spiro atoms. The number of aryl methyl sites for hydroxylation is 1. The number of carbonyl (C=O) groups excluding carboxylic acids is 1. The number of aromatic nitrogens is 2. The number of carbonyl (C=O) groups is 1. The summed E-state index contributed by atoms with van der Waals surface area (Å²) in [6.07, 6.45) is 2.99.